The molecule has 0 spiro atoms. The van der Waals surface area contributed by atoms with Crippen molar-refractivity contribution in [1.82, 2.24) is 9.97 Å². The van der Waals surface area contributed by atoms with Crippen LogP contribution < -0.4 is 0 Å². The molecule has 2 aliphatic carbocycles. The van der Waals surface area contributed by atoms with Crippen molar-refractivity contribution in [2.24, 2.45) is 0 Å². The number of aromatic amines is 2. The molecule has 10 rings (SSSR count). The van der Waals surface area contributed by atoms with E-state index < -0.39 is 11.9 Å². The molecule has 6 nitrogen and oxygen atoms in total. The first-order valence-electron chi connectivity index (χ1n) is 14.9. The SMILES string of the molecule is O=C(O)c1[nH]c(Cc2[nH]c(C(=O)O)c3cc4c5c(cccc5c23)-c2ccccc2-4)c2c1cc1c3c(cccc32)-c2ccccc2-1. The van der Waals surface area contributed by atoms with Gasteiger partial charge in [-0.2, -0.15) is 0 Å². The van der Waals surface area contributed by atoms with Crippen molar-refractivity contribution in [3.05, 3.63) is 120 Å². The molecule has 2 heterocycles. The van der Waals surface area contributed by atoms with E-state index in [1.807, 2.05) is 48.5 Å². The summed E-state index contributed by atoms with van der Waals surface area (Å²) >= 11 is 0. The zero-order valence-corrected chi connectivity index (χ0v) is 23.7. The van der Waals surface area contributed by atoms with Crippen molar-refractivity contribution in [2.75, 3.05) is 0 Å². The maximum Gasteiger partial charge on any atom is 0.352 e. The maximum atomic E-state index is 12.6. The van der Waals surface area contributed by atoms with Crippen molar-refractivity contribution in [1.29, 1.82) is 0 Å². The number of H-pyrrole nitrogens is 2. The van der Waals surface area contributed by atoms with Crippen LogP contribution >= 0.6 is 0 Å². The molecular weight excluding hydrogens is 560 g/mol. The van der Waals surface area contributed by atoms with E-state index in [9.17, 15) is 19.8 Å². The Bertz CT molecular complexity index is 2510. The third-order valence-electron chi connectivity index (χ3n) is 9.81. The highest BCUT2D eigenvalue weighted by Crippen LogP contribution is 2.52. The van der Waals surface area contributed by atoms with E-state index >= 15 is 0 Å². The van der Waals surface area contributed by atoms with Gasteiger partial charge in [-0.1, -0.05) is 84.9 Å². The van der Waals surface area contributed by atoms with E-state index in [4.69, 9.17) is 0 Å². The standard InChI is InChI=1S/C39H22N2O4/c42-38(43)36-28-15-26-20-9-3-1-7-18(20)22-11-5-13-24(32(22)26)34(28)30(40-36)17-31-35-25-14-6-12-23-19-8-2-4-10-21(19)27(33(23)25)16-29(35)37(41-31)39(44)45/h1-16,40-41H,17H2,(H,42,43)(H,44,45). The number of carboxylic acids is 2. The lowest BCUT2D eigenvalue weighted by Gasteiger charge is -2.09. The van der Waals surface area contributed by atoms with Gasteiger partial charge in [0.1, 0.15) is 11.4 Å². The van der Waals surface area contributed by atoms with Gasteiger partial charge in [0, 0.05) is 39.4 Å². The van der Waals surface area contributed by atoms with Crippen molar-refractivity contribution in [3.8, 4) is 44.5 Å². The summed E-state index contributed by atoms with van der Waals surface area (Å²) in [6.45, 7) is 0. The predicted molar refractivity (Wildman–Crippen MR) is 177 cm³/mol. The molecule has 45 heavy (non-hydrogen) atoms. The number of carbonyl (C=O) groups is 2. The van der Waals surface area contributed by atoms with Gasteiger partial charge in [-0.25, -0.2) is 9.59 Å². The van der Waals surface area contributed by atoms with Crippen molar-refractivity contribution >= 4 is 55.0 Å². The highest BCUT2D eigenvalue weighted by atomic mass is 16.4. The molecule has 0 saturated heterocycles. The van der Waals surface area contributed by atoms with E-state index in [0.29, 0.717) is 17.2 Å². The number of hydrogen-bond acceptors (Lipinski definition) is 2. The van der Waals surface area contributed by atoms with Crippen LogP contribution in [0, 0.1) is 0 Å². The van der Waals surface area contributed by atoms with Crippen LogP contribution in [0.15, 0.2) is 97.1 Å². The van der Waals surface area contributed by atoms with E-state index in [2.05, 4.69) is 58.5 Å². The highest BCUT2D eigenvalue weighted by Gasteiger charge is 2.29. The first kappa shape index (κ1) is 24.3. The molecule has 6 aromatic carbocycles. The first-order chi connectivity index (χ1) is 22.0. The minimum Gasteiger partial charge on any atom is -0.477 e. The maximum absolute atomic E-state index is 12.6. The smallest absolute Gasteiger partial charge is 0.352 e. The summed E-state index contributed by atoms with van der Waals surface area (Å²) in [7, 11) is 0. The lowest BCUT2D eigenvalue weighted by Crippen LogP contribution is -1.99. The quantitative estimate of drug-likeness (QED) is 0.166. The average Bonchev–Trinajstić information content (AvgIpc) is 3.79. The van der Waals surface area contributed by atoms with Gasteiger partial charge in [-0.3, -0.25) is 0 Å². The number of benzene rings is 6. The normalized spacial score (nSPS) is 12.4. The van der Waals surface area contributed by atoms with Gasteiger partial charge < -0.3 is 20.2 Å². The fourth-order valence-electron chi connectivity index (χ4n) is 8.13. The zero-order valence-electron chi connectivity index (χ0n) is 23.7. The summed E-state index contributed by atoms with van der Waals surface area (Å²) in [6, 6.07) is 32.9. The minimum atomic E-state index is -1.04. The fraction of sp³-hybridized carbons (Fsp3) is 0.0256. The molecular formula is C39H22N2O4. The van der Waals surface area contributed by atoms with Crippen molar-refractivity contribution in [3.63, 3.8) is 0 Å². The Morgan fingerprint density at radius 3 is 1.22 bits per heavy atom. The third kappa shape index (κ3) is 2.98. The van der Waals surface area contributed by atoms with E-state index in [0.717, 1.165) is 88.2 Å². The molecule has 212 valence electrons. The molecule has 0 saturated carbocycles. The molecule has 0 unspecified atom stereocenters. The molecule has 0 radical (unpaired) electrons. The Kier molecular flexibility index (Phi) is 4.47. The summed E-state index contributed by atoms with van der Waals surface area (Å²) in [4.78, 5) is 31.8. The molecule has 4 N–H and O–H groups in total. The predicted octanol–water partition coefficient (Wildman–Crippen LogP) is 9.24. The summed E-state index contributed by atoms with van der Waals surface area (Å²) in [5.74, 6) is -2.07. The third-order valence-corrected chi connectivity index (χ3v) is 9.81. The monoisotopic (exact) mass is 582 g/mol. The molecule has 6 heteroatoms. The molecule has 2 aromatic heterocycles. The van der Waals surface area contributed by atoms with Gasteiger partial charge in [0.05, 0.1) is 0 Å². The lowest BCUT2D eigenvalue weighted by atomic mass is 9.94. The minimum absolute atomic E-state index is 0.130. The summed E-state index contributed by atoms with van der Waals surface area (Å²) in [5, 5.41) is 27.8. The summed E-state index contributed by atoms with van der Waals surface area (Å²) in [5.41, 5.74) is 10.5. The molecule has 8 aromatic rings. The van der Waals surface area contributed by atoms with Crippen LogP contribution in [0.5, 0.6) is 0 Å². The Hall–Kier alpha value is -6.14. The Balaban J connectivity index is 1.28. The van der Waals surface area contributed by atoms with Crippen LogP contribution in [0.4, 0.5) is 0 Å². The Morgan fingerprint density at radius 2 is 0.822 bits per heavy atom. The Morgan fingerprint density at radius 1 is 0.444 bits per heavy atom. The van der Waals surface area contributed by atoms with Gasteiger partial charge in [-0.15, -0.1) is 0 Å². The number of aromatic carboxylic acids is 2. The topological polar surface area (TPSA) is 106 Å². The average molecular weight is 583 g/mol. The number of nitrogens with one attached hydrogen (secondary N) is 2. The number of carboxylic acid groups (broad SMARTS) is 2. The molecule has 0 atom stereocenters. The van der Waals surface area contributed by atoms with Crippen LogP contribution in [0.25, 0.3) is 87.6 Å². The van der Waals surface area contributed by atoms with Crippen molar-refractivity contribution < 1.29 is 19.8 Å². The number of fused-ring (bicyclic) bond motifs is 10. The van der Waals surface area contributed by atoms with Crippen LogP contribution in [0.3, 0.4) is 0 Å². The van der Waals surface area contributed by atoms with Crippen LogP contribution in [0.2, 0.25) is 0 Å². The van der Waals surface area contributed by atoms with E-state index in [1.165, 1.54) is 0 Å². The van der Waals surface area contributed by atoms with Gasteiger partial charge in [-0.05, 0) is 78.2 Å². The van der Waals surface area contributed by atoms with Crippen molar-refractivity contribution in [2.45, 2.75) is 6.42 Å². The summed E-state index contributed by atoms with van der Waals surface area (Å²) < 4.78 is 0. The van der Waals surface area contributed by atoms with Gasteiger partial charge in [0.2, 0.25) is 0 Å². The van der Waals surface area contributed by atoms with E-state index in [1.54, 1.807) is 0 Å². The molecule has 0 amide bonds. The second kappa shape index (κ2) is 8.27. The largest absolute Gasteiger partial charge is 0.477 e. The number of aromatic nitrogens is 2. The fourth-order valence-corrected chi connectivity index (χ4v) is 8.13. The second-order valence-corrected chi connectivity index (χ2v) is 12.0. The summed E-state index contributed by atoms with van der Waals surface area (Å²) in [6.07, 6.45) is 0.296. The van der Waals surface area contributed by atoms with Gasteiger partial charge >= 0.3 is 11.9 Å². The Labute approximate surface area is 255 Å². The van der Waals surface area contributed by atoms with Gasteiger partial charge in [0.15, 0.2) is 0 Å². The second-order valence-electron chi connectivity index (χ2n) is 12.0. The lowest BCUT2D eigenvalue weighted by molar-refractivity contribution is 0.0682. The molecule has 0 aliphatic heterocycles. The number of rotatable bonds is 4. The van der Waals surface area contributed by atoms with Crippen LogP contribution in [-0.4, -0.2) is 32.1 Å². The van der Waals surface area contributed by atoms with Crippen LogP contribution in [-0.2, 0) is 6.42 Å². The highest BCUT2D eigenvalue weighted by molar-refractivity contribution is 6.28. The zero-order chi connectivity index (χ0) is 30.1. The van der Waals surface area contributed by atoms with Crippen LogP contribution in [0.1, 0.15) is 32.4 Å². The van der Waals surface area contributed by atoms with Gasteiger partial charge in [0.25, 0.3) is 0 Å². The first-order valence-corrected chi connectivity index (χ1v) is 14.9. The van der Waals surface area contributed by atoms with E-state index in [-0.39, 0.29) is 11.4 Å². The molecule has 0 fully saturated rings. The molecule has 2 aliphatic rings. The number of hydrogen-bond donors (Lipinski definition) is 4. The molecule has 0 bridgehead atoms.